The second-order valence-corrected chi connectivity index (χ2v) is 9.19. The van der Waals surface area contributed by atoms with Gasteiger partial charge in [-0.25, -0.2) is 14.4 Å². The number of hydroxylamine groups is 1. The molecule has 5 rings (SSSR count). The fraction of sp³-hybridized carbons (Fsp3) is 0.385. The number of pyridine rings is 1. The number of carbonyl (C=O) groups excluding carboxylic acids is 1. The number of benzene rings is 1. The van der Waals surface area contributed by atoms with Gasteiger partial charge in [-0.1, -0.05) is 6.07 Å². The third-order valence-electron chi connectivity index (χ3n) is 6.62. The van der Waals surface area contributed by atoms with Crippen LogP contribution in [-0.2, 0) is 14.4 Å². The van der Waals surface area contributed by atoms with Crippen molar-refractivity contribution < 1.29 is 18.8 Å². The van der Waals surface area contributed by atoms with Crippen LogP contribution in [0, 0.1) is 11.2 Å². The topological polar surface area (TPSA) is 119 Å². The van der Waals surface area contributed by atoms with Gasteiger partial charge in [-0.05, 0) is 49.1 Å². The summed E-state index contributed by atoms with van der Waals surface area (Å²) >= 11 is 0. The minimum Gasteiger partial charge on any atom is -0.377 e. The van der Waals surface area contributed by atoms with E-state index in [4.69, 9.17) is 20.0 Å². The molecule has 10 nitrogen and oxygen atoms in total. The van der Waals surface area contributed by atoms with Crippen LogP contribution >= 0.6 is 0 Å². The summed E-state index contributed by atoms with van der Waals surface area (Å²) in [5, 5.41) is 19.8. The Morgan fingerprint density at radius 2 is 2.19 bits per heavy atom. The summed E-state index contributed by atoms with van der Waals surface area (Å²) in [6.45, 7) is 4.49. The van der Waals surface area contributed by atoms with Crippen molar-refractivity contribution in [2.45, 2.75) is 38.3 Å². The number of nitrogens with zero attached hydrogens (tertiary/aromatic N) is 4. The number of ether oxygens (including phenoxy) is 1. The number of aromatic amines is 1. The first-order valence-corrected chi connectivity index (χ1v) is 12.4. The maximum Gasteiger partial charge on any atom is 0.153 e. The fourth-order valence-corrected chi connectivity index (χ4v) is 4.65. The molecular formula is C26H30FN7O3. The van der Waals surface area contributed by atoms with Crippen LogP contribution in [0.2, 0.25) is 0 Å². The number of aldehydes is 1. The predicted octanol–water partition coefficient (Wildman–Crippen LogP) is 4.07. The quantitative estimate of drug-likeness (QED) is 0.214. The van der Waals surface area contributed by atoms with Crippen LogP contribution in [0.4, 0.5) is 27.5 Å². The molecule has 11 heteroatoms. The molecule has 0 radical (unpaired) electrons. The molecule has 2 fully saturated rings. The number of aromatic nitrogens is 3. The summed E-state index contributed by atoms with van der Waals surface area (Å²) in [4.78, 5) is 23.2. The Morgan fingerprint density at radius 1 is 1.32 bits per heavy atom. The first kappa shape index (κ1) is 24.8. The lowest BCUT2D eigenvalue weighted by Crippen LogP contribution is -2.48. The molecule has 0 bridgehead atoms. The van der Waals surface area contributed by atoms with Crippen molar-refractivity contribution in [2.75, 3.05) is 41.6 Å². The number of anilines is 4. The van der Waals surface area contributed by atoms with E-state index in [0.717, 1.165) is 19.1 Å². The van der Waals surface area contributed by atoms with Gasteiger partial charge < -0.3 is 25.2 Å². The van der Waals surface area contributed by atoms with Gasteiger partial charge in [0.15, 0.2) is 5.82 Å². The first-order chi connectivity index (χ1) is 18.1. The molecule has 2 saturated heterocycles. The summed E-state index contributed by atoms with van der Waals surface area (Å²) in [5.74, 6) is 1.32. The molecule has 0 amide bonds. The third-order valence-corrected chi connectivity index (χ3v) is 6.62. The highest BCUT2D eigenvalue weighted by Crippen LogP contribution is 2.36. The van der Waals surface area contributed by atoms with Gasteiger partial charge in [0.1, 0.15) is 29.8 Å². The molecule has 0 spiro atoms. The predicted molar refractivity (Wildman–Crippen MR) is 139 cm³/mol. The molecule has 0 saturated carbocycles. The van der Waals surface area contributed by atoms with Crippen molar-refractivity contribution >= 4 is 35.6 Å². The number of hydrogen-bond donors (Lipinski definition) is 3. The third kappa shape index (κ3) is 5.32. The van der Waals surface area contributed by atoms with Crippen LogP contribution in [0.3, 0.4) is 0 Å². The smallest absolute Gasteiger partial charge is 0.153 e. The molecule has 37 heavy (non-hydrogen) atoms. The van der Waals surface area contributed by atoms with Crippen molar-refractivity contribution in [3.05, 3.63) is 47.9 Å². The van der Waals surface area contributed by atoms with Gasteiger partial charge in [0.05, 0.1) is 31.5 Å². The molecule has 3 aromatic rings. The summed E-state index contributed by atoms with van der Waals surface area (Å²) < 4.78 is 20.9. The van der Waals surface area contributed by atoms with E-state index in [1.165, 1.54) is 12.3 Å². The Bertz CT molecular complexity index is 1250. The number of morpholine rings is 1. The number of carbonyl (C=O) groups is 1. The molecular weight excluding hydrogens is 477 g/mol. The van der Waals surface area contributed by atoms with E-state index in [2.05, 4.69) is 27.3 Å². The summed E-state index contributed by atoms with van der Waals surface area (Å²) in [7, 11) is 0. The molecule has 3 N–H and O–H groups in total. The second-order valence-electron chi connectivity index (χ2n) is 9.19. The lowest BCUT2D eigenvalue weighted by atomic mass is 9.99. The van der Waals surface area contributed by atoms with Crippen LogP contribution in [0.5, 0.6) is 0 Å². The van der Waals surface area contributed by atoms with E-state index in [1.54, 1.807) is 23.4 Å². The Kier molecular flexibility index (Phi) is 7.42. The van der Waals surface area contributed by atoms with E-state index in [-0.39, 0.29) is 12.1 Å². The minimum absolute atomic E-state index is 0.00233. The van der Waals surface area contributed by atoms with Gasteiger partial charge in [0.25, 0.3) is 0 Å². The van der Waals surface area contributed by atoms with E-state index in [1.807, 2.05) is 12.1 Å². The van der Waals surface area contributed by atoms with Crippen molar-refractivity contribution in [1.82, 2.24) is 15.2 Å². The summed E-state index contributed by atoms with van der Waals surface area (Å²) in [5.41, 5.74) is 2.18. The van der Waals surface area contributed by atoms with Crippen molar-refractivity contribution in [3.63, 3.8) is 0 Å². The highest BCUT2D eigenvalue weighted by atomic mass is 19.1. The number of rotatable bonds is 10. The van der Waals surface area contributed by atoms with E-state index >= 15 is 4.39 Å². The molecule has 2 unspecified atom stereocenters. The van der Waals surface area contributed by atoms with E-state index in [0.29, 0.717) is 72.6 Å². The molecule has 2 aromatic heterocycles. The van der Waals surface area contributed by atoms with Crippen LogP contribution < -0.4 is 15.3 Å². The zero-order valence-corrected chi connectivity index (χ0v) is 20.6. The number of halogens is 1. The lowest BCUT2D eigenvalue weighted by molar-refractivity contribution is -0.108. The van der Waals surface area contributed by atoms with Crippen LogP contribution in [0.25, 0.3) is 11.1 Å². The Morgan fingerprint density at radius 3 is 2.89 bits per heavy atom. The molecule has 1 aromatic carbocycles. The Hall–Kier alpha value is -3.83. The first-order valence-electron chi connectivity index (χ1n) is 12.4. The molecule has 2 atom stereocenters. The van der Waals surface area contributed by atoms with Crippen molar-refractivity contribution in [1.29, 1.82) is 5.41 Å². The van der Waals surface area contributed by atoms with Crippen molar-refractivity contribution in [2.24, 2.45) is 0 Å². The highest BCUT2D eigenvalue weighted by Gasteiger charge is 2.30. The number of hydrogen-bond acceptors (Lipinski definition) is 9. The molecule has 4 heterocycles. The normalized spacial score (nSPS) is 19.4. The van der Waals surface area contributed by atoms with Crippen LogP contribution in [-0.4, -0.2) is 66.1 Å². The monoisotopic (exact) mass is 507 g/mol. The van der Waals surface area contributed by atoms with Gasteiger partial charge in [0.2, 0.25) is 0 Å². The van der Waals surface area contributed by atoms with Crippen molar-refractivity contribution in [3.8, 4) is 11.1 Å². The molecule has 2 aliphatic heterocycles. The second kappa shape index (κ2) is 11.1. The van der Waals surface area contributed by atoms with Gasteiger partial charge in [0, 0.05) is 37.0 Å². The molecule has 2 aliphatic rings. The highest BCUT2D eigenvalue weighted by molar-refractivity contribution is 5.96. The van der Waals surface area contributed by atoms with Gasteiger partial charge in [-0.15, -0.1) is 0 Å². The average molecular weight is 508 g/mol. The number of unbranched alkanes of at least 4 members (excludes halogenated alkanes) is 1. The molecule has 0 aliphatic carbocycles. The number of nitrogens with one attached hydrogen (secondary N) is 3. The zero-order chi connectivity index (χ0) is 25.8. The fourth-order valence-electron chi connectivity index (χ4n) is 4.65. The van der Waals surface area contributed by atoms with E-state index < -0.39 is 5.82 Å². The average Bonchev–Trinajstić information content (AvgIpc) is 3.39. The van der Waals surface area contributed by atoms with E-state index in [9.17, 15) is 4.79 Å². The lowest BCUT2D eigenvalue weighted by Gasteiger charge is -2.40. The largest absolute Gasteiger partial charge is 0.377 e. The van der Waals surface area contributed by atoms with Gasteiger partial charge in [-0.2, -0.15) is 5.10 Å². The molecule has 194 valence electrons. The minimum atomic E-state index is -0.417. The maximum absolute atomic E-state index is 15.3. The standard InChI is InChI=1S/C26H30FN7O3/c1-17-16-36-11-9-33(17)25-13-20(21(14-28)26(31-25)30-24-7-8-29-32-24)18-5-6-23(22(27)12-18)34-15-19(37-34)4-2-3-10-35/h5-8,10,12-14,17,19,28H,2-4,9,11,15-16H2,1H3,(H2,29,30,31,32). The SMILES string of the molecule is CC1COCCN1c1cc(-c2ccc(N3CC(CCCC=O)O3)c(F)c2)c(C=N)c(Nc2cc[nH]n2)n1. The van der Waals surface area contributed by atoms with Gasteiger partial charge in [-0.3, -0.25) is 9.94 Å². The van der Waals surface area contributed by atoms with Crippen LogP contribution in [0.15, 0.2) is 36.5 Å². The Labute approximate surface area is 214 Å². The number of H-pyrrole nitrogens is 1. The summed E-state index contributed by atoms with van der Waals surface area (Å²) in [6.07, 6.45) is 5.85. The summed E-state index contributed by atoms with van der Waals surface area (Å²) in [6, 6.07) is 8.77. The zero-order valence-electron chi connectivity index (χ0n) is 20.6. The van der Waals surface area contributed by atoms with Gasteiger partial charge >= 0.3 is 0 Å². The Balaban J connectivity index is 1.46. The maximum atomic E-state index is 15.3. The van der Waals surface area contributed by atoms with Crippen LogP contribution in [0.1, 0.15) is 31.7 Å².